The molecule has 5 rings (SSSR count). The van der Waals surface area contributed by atoms with Crippen LogP contribution in [0.2, 0.25) is 0 Å². The smallest absolute Gasteiger partial charge is 0.293 e. The Morgan fingerprint density at radius 3 is 2.84 bits per heavy atom. The van der Waals surface area contributed by atoms with Crippen molar-refractivity contribution in [3.63, 3.8) is 0 Å². The first-order chi connectivity index (χ1) is 14.7. The molecule has 3 aromatic rings. The van der Waals surface area contributed by atoms with Gasteiger partial charge in [0.05, 0.1) is 35.1 Å². The highest BCUT2D eigenvalue weighted by atomic mass is 16.5. The fourth-order valence-electron chi connectivity index (χ4n) is 5.28. The number of rotatable bonds is 4. The molecule has 31 heavy (non-hydrogen) atoms. The van der Waals surface area contributed by atoms with Crippen LogP contribution in [0.15, 0.2) is 23.0 Å². The van der Waals surface area contributed by atoms with Crippen LogP contribution in [0.3, 0.4) is 0 Å². The summed E-state index contributed by atoms with van der Waals surface area (Å²) in [4.78, 5) is 29.0. The third-order valence-corrected chi connectivity index (χ3v) is 6.81. The van der Waals surface area contributed by atoms with E-state index >= 15 is 0 Å². The molecule has 1 unspecified atom stereocenters. The average Bonchev–Trinajstić information content (AvgIpc) is 3.08. The van der Waals surface area contributed by atoms with Crippen molar-refractivity contribution in [1.29, 1.82) is 0 Å². The summed E-state index contributed by atoms with van der Waals surface area (Å²) in [5.74, 6) is 0. The second kappa shape index (κ2) is 6.65. The molecule has 1 aliphatic heterocycles. The highest BCUT2D eigenvalue weighted by Gasteiger charge is 2.37. The summed E-state index contributed by atoms with van der Waals surface area (Å²) in [6, 6.07) is 5.66. The van der Waals surface area contributed by atoms with Crippen LogP contribution in [0.25, 0.3) is 22.3 Å². The number of fused-ring (bicyclic) bond motifs is 4. The normalized spacial score (nSPS) is 16.6. The van der Waals surface area contributed by atoms with Crippen LogP contribution in [0.5, 0.6) is 0 Å². The quantitative estimate of drug-likeness (QED) is 0.389. The van der Waals surface area contributed by atoms with E-state index in [2.05, 4.69) is 13.8 Å². The van der Waals surface area contributed by atoms with Gasteiger partial charge in [-0.2, -0.15) is 0 Å². The lowest BCUT2D eigenvalue weighted by atomic mass is 9.70. The van der Waals surface area contributed by atoms with Crippen molar-refractivity contribution in [1.82, 2.24) is 9.55 Å². The zero-order valence-electron chi connectivity index (χ0n) is 17.9. The molecule has 0 spiro atoms. The van der Waals surface area contributed by atoms with E-state index in [-0.39, 0.29) is 17.6 Å². The minimum atomic E-state index is -0.880. The Kier molecular flexibility index (Phi) is 4.24. The third-order valence-electron chi connectivity index (χ3n) is 6.81. The number of nitrogen functional groups attached to an aromatic ring is 1. The van der Waals surface area contributed by atoms with Crippen LogP contribution >= 0.6 is 0 Å². The zero-order chi connectivity index (χ0) is 22.1. The minimum absolute atomic E-state index is 0.0890. The second-order valence-electron chi connectivity index (χ2n) is 9.16. The van der Waals surface area contributed by atoms with Crippen LogP contribution in [-0.4, -0.2) is 21.1 Å². The van der Waals surface area contributed by atoms with E-state index in [4.69, 9.17) is 15.5 Å². The van der Waals surface area contributed by atoms with Crippen LogP contribution < -0.4 is 11.3 Å². The Morgan fingerprint density at radius 1 is 1.35 bits per heavy atom. The number of nitrogens with zero attached hydrogens (tertiary/aromatic N) is 2. The number of carbonyl (C=O) groups is 1. The Labute approximate surface area is 179 Å². The van der Waals surface area contributed by atoms with E-state index in [1.54, 1.807) is 17.6 Å². The molecule has 0 bridgehead atoms. The fraction of sp³-hybridized carbons (Fsp3) is 0.375. The number of nitrogens with two attached hydrogens (primary N) is 1. The van der Waals surface area contributed by atoms with E-state index in [0.29, 0.717) is 29.8 Å². The van der Waals surface area contributed by atoms with Gasteiger partial charge in [0.25, 0.3) is 12.0 Å². The largest absolute Gasteiger partial charge is 0.463 e. The van der Waals surface area contributed by atoms with Gasteiger partial charge in [0.15, 0.2) is 0 Å². The number of hydrogen-bond donors (Lipinski definition) is 2. The van der Waals surface area contributed by atoms with E-state index in [1.807, 2.05) is 12.1 Å². The third kappa shape index (κ3) is 2.73. The van der Waals surface area contributed by atoms with E-state index in [1.165, 1.54) is 5.56 Å². The summed E-state index contributed by atoms with van der Waals surface area (Å²) in [7, 11) is 0. The van der Waals surface area contributed by atoms with Crippen molar-refractivity contribution in [2.24, 2.45) is 0 Å². The zero-order valence-corrected chi connectivity index (χ0v) is 17.9. The highest BCUT2D eigenvalue weighted by molar-refractivity contribution is 5.95. The van der Waals surface area contributed by atoms with Gasteiger partial charge in [0.1, 0.15) is 6.61 Å². The van der Waals surface area contributed by atoms with E-state index in [0.717, 1.165) is 46.3 Å². The van der Waals surface area contributed by atoms with Gasteiger partial charge >= 0.3 is 0 Å². The molecule has 0 saturated carbocycles. The molecule has 7 nitrogen and oxygen atoms in total. The van der Waals surface area contributed by atoms with Gasteiger partial charge in [0, 0.05) is 16.6 Å². The maximum absolute atomic E-state index is 13.4. The Morgan fingerprint density at radius 2 is 2.13 bits per heavy atom. The molecule has 0 saturated heterocycles. The molecule has 2 aliphatic rings. The van der Waals surface area contributed by atoms with Gasteiger partial charge in [0.2, 0.25) is 0 Å². The van der Waals surface area contributed by atoms with E-state index in [9.17, 15) is 14.7 Å². The summed E-state index contributed by atoms with van der Waals surface area (Å²) in [6.07, 6.45) is 0.979. The van der Waals surface area contributed by atoms with Crippen LogP contribution in [0.4, 0.5) is 5.69 Å². The molecule has 3 heterocycles. The van der Waals surface area contributed by atoms with Gasteiger partial charge in [-0.25, -0.2) is 4.98 Å². The number of hydrogen-bond acceptors (Lipinski definition) is 6. The van der Waals surface area contributed by atoms with Crippen molar-refractivity contribution < 1.29 is 14.6 Å². The molecule has 160 valence electrons. The number of aromatic nitrogens is 2. The predicted molar refractivity (Wildman–Crippen MR) is 118 cm³/mol. The fourth-order valence-corrected chi connectivity index (χ4v) is 5.28. The van der Waals surface area contributed by atoms with Crippen molar-refractivity contribution in [2.75, 3.05) is 5.73 Å². The maximum Gasteiger partial charge on any atom is 0.293 e. The van der Waals surface area contributed by atoms with Gasteiger partial charge in [-0.15, -0.1) is 0 Å². The van der Waals surface area contributed by atoms with Gasteiger partial charge in [-0.05, 0) is 60.1 Å². The SMILES string of the molecule is CC(O)c1cc2n(c(=O)c1COC=O)Cc1c-2nc2ccc(N)c3c2c1C(C)(C)CC3. The van der Waals surface area contributed by atoms with Crippen molar-refractivity contribution >= 4 is 23.1 Å². The van der Waals surface area contributed by atoms with Gasteiger partial charge in [-0.1, -0.05) is 13.8 Å². The first-order valence-corrected chi connectivity index (χ1v) is 10.5. The summed E-state index contributed by atoms with van der Waals surface area (Å²) in [5, 5.41) is 11.4. The summed E-state index contributed by atoms with van der Waals surface area (Å²) < 4.78 is 6.55. The lowest BCUT2D eigenvalue weighted by molar-refractivity contribution is -0.129. The number of aliphatic hydroxyl groups excluding tert-OH is 1. The molecule has 1 aromatic carbocycles. The molecule has 1 atom stereocenters. The van der Waals surface area contributed by atoms with Crippen molar-refractivity contribution in [3.8, 4) is 11.4 Å². The number of aliphatic hydroxyl groups is 1. The van der Waals surface area contributed by atoms with Crippen LogP contribution in [0, 0.1) is 0 Å². The highest BCUT2D eigenvalue weighted by Crippen LogP contribution is 2.48. The molecule has 3 N–H and O–H groups in total. The average molecular weight is 419 g/mol. The Bertz CT molecular complexity index is 1320. The maximum atomic E-state index is 13.4. The van der Waals surface area contributed by atoms with E-state index < -0.39 is 6.10 Å². The second-order valence-corrected chi connectivity index (χ2v) is 9.16. The summed E-state index contributed by atoms with van der Waals surface area (Å²) in [5.41, 5.74) is 13.2. The number of aryl methyl sites for hydroxylation is 1. The molecule has 0 radical (unpaired) electrons. The number of carbonyl (C=O) groups excluding carboxylic acids is 1. The van der Waals surface area contributed by atoms with Crippen molar-refractivity contribution in [2.45, 2.75) is 58.3 Å². The molecule has 2 aromatic heterocycles. The first kappa shape index (κ1) is 19.8. The molecular weight excluding hydrogens is 394 g/mol. The molecular formula is C24H25N3O4. The number of anilines is 1. The van der Waals surface area contributed by atoms with Crippen molar-refractivity contribution in [3.05, 3.63) is 56.4 Å². The summed E-state index contributed by atoms with van der Waals surface area (Å²) in [6.45, 7) is 6.59. The predicted octanol–water partition coefficient (Wildman–Crippen LogP) is 2.96. The Hall–Kier alpha value is -3.19. The van der Waals surface area contributed by atoms with Gasteiger partial charge < -0.3 is 20.1 Å². The lowest BCUT2D eigenvalue weighted by Gasteiger charge is -2.34. The molecule has 1 aliphatic carbocycles. The topological polar surface area (TPSA) is 107 Å². The lowest BCUT2D eigenvalue weighted by Crippen LogP contribution is -2.27. The van der Waals surface area contributed by atoms with Crippen LogP contribution in [0.1, 0.15) is 61.1 Å². The number of ether oxygens (including phenoxy) is 1. The molecule has 7 heteroatoms. The first-order valence-electron chi connectivity index (χ1n) is 10.5. The summed E-state index contributed by atoms with van der Waals surface area (Å²) >= 11 is 0. The molecule has 0 fully saturated rings. The standard InChI is InChI=1S/C24H25N3O4/c1-12(29)14-8-19-22-15(9-27(19)23(30)16(14)10-31-11-28)21-20-13(6-7-24(21,2)3)17(25)4-5-18(20)26-22/h4-5,8,11-12,29H,6-7,9-10,25H2,1-3H3. The Balaban J connectivity index is 1.84. The molecule has 0 amide bonds. The monoisotopic (exact) mass is 419 g/mol. The number of benzene rings is 1. The number of pyridine rings is 2. The van der Waals surface area contributed by atoms with Crippen LogP contribution in [-0.2, 0) is 34.5 Å². The minimum Gasteiger partial charge on any atom is -0.463 e. The van der Waals surface area contributed by atoms with Gasteiger partial charge in [-0.3, -0.25) is 9.59 Å².